The summed E-state index contributed by atoms with van der Waals surface area (Å²) in [7, 11) is 1.87. The van der Waals surface area contributed by atoms with Gasteiger partial charge in [0.05, 0.1) is 0 Å². The predicted molar refractivity (Wildman–Crippen MR) is 76.9 cm³/mol. The van der Waals surface area contributed by atoms with Crippen LogP contribution in [-0.2, 0) is 11.3 Å². The number of amides is 1. The number of aromatic nitrogens is 1. The van der Waals surface area contributed by atoms with Crippen LogP contribution in [0.15, 0.2) is 42.6 Å². The van der Waals surface area contributed by atoms with Crippen molar-refractivity contribution < 1.29 is 9.18 Å². The number of anilines is 1. The van der Waals surface area contributed by atoms with Crippen molar-refractivity contribution in [3.05, 3.63) is 54.1 Å². The van der Waals surface area contributed by atoms with Gasteiger partial charge >= 0.3 is 0 Å². The molecule has 0 aliphatic carbocycles. The van der Waals surface area contributed by atoms with Gasteiger partial charge in [-0.15, -0.1) is 0 Å². The van der Waals surface area contributed by atoms with Crippen LogP contribution in [0.3, 0.4) is 0 Å². The van der Waals surface area contributed by atoms with Gasteiger partial charge in [-0.2, -0.15) is 0 Å². The van der Waals surface area contributed by atoms with Crippen LogP contribution in [-0.4, -0.2) is 17.5 Å². The van der Waals surface area contributed by atoms with Crippen molar-refractivity contribution in [1.82, 2.24) is 9.88 Å². The van der Waals surface area contributed by atoms with Crippen LogP contribution >= 0.6 is 0 Å². The minimum Gasteiger partial charge on any atom is -0.341 e. The number of nitrogens with zero attached hydrogens (tertiary/aromatic N) is 1. The Balaban J connectivity index is 2.03. The zero-order chi connectivity index (χ0) is 14.5. The Morgan fingerprint density at radius 2 is 2.15 bits per heavy atom. The molecule has 20 heavy (non-hydrogen) atoms. The molecule has 0 bridgehead atoms. The second-order valence-electron chi connectivity index (χ2n) is 4.63. The molecule has 0 aliphatic rings. The molecule has 2 N–H and O–H groups in total. The Bertz CT molecular complexity index is 594. The van der Waals surface area contributed by atoms with Gasteiger partial charge in [0.2, 0.25) is 5.91 Å². The van der Waals surface area contributed by atoms with Gasteiger partial charge < -0.3 is 15.2 Å². The number of hydrogen-bond donors (Lipinski definition) is 2. The van der Waals surface area contributed by atoms with E-state index in [1.165, 1.54) is 12.1 Å². The molecule has 4 nitrogen and oxygen atoms in total. The average molecular weight is 275 g/mol. The van der Waals surface area contributed by atoms with Gasteiger partial charge in [0, 0.05) is 23.6 Å². The molecule has 0 saturated heterocycles. The molecule has 2 rings (SSSR count). The number of carbonyl (C=O) groups is 1. The van der Waals surface area contributed by atoms with Crippen molar-refractivity contribution >= 4 is 11.6 Å². The molecule has 1 aromatic heterocycles. The number of rotatable bonds is 5. The molecular formula is C15H18FN3O. The van der Waals surface area contributed by atoms with Crippen molar-refractivity contribution in [2.75, 3.05) is 12.4 Å². The van der Waals surface area contributed by atoms with Gasteiger partial charge in [-0.3, -0.25) is 4.79 Å². The summed E-state index contributed by atoms with van der Waals surface area (Å²) in [6.45, 7) is 2.22. The quantitative estimate of drug-likeness (QED) is 0.881. The van der Waals surface area contributed by atoms with E-state index < -0.39 is 0 Å². The Hall–Kier alpha value is -2.14. The van der Waals surface area contributed by atoms with Gasteiger partial charge in [-0.25, -0.2) is 4.39 Å². The fourth-order valence-electron chi connectivity index (χ4n) is 2.03. The highest BCUT2D eigenvalue weighted by Crippen LogP contribution is 2.14. The topological polar surface area (TPSA) is 46.1 Å². The number of halogens is 1. The first-order valence-electron chi connectivity index (χ1n) is 6.48. The van der Waals surface area contributed by atoms with Crippen molar-refractivity contribution in [2.24, 2.45) is 0 Å². The van der Waals surface area contributed by atoms with Crippen LogP contribution in [0.5, 0.6) is 0 Å². The molecule has 0 fully saturated rings. The highest BCUT2D eigenvalue weighted by molar-refractivity contribution is 5.90. The normalized spacial score (nSPS) is 12.2. The third kappa shape index (κ3) is 3.45. The van der Waals surface area contributed by atoms with Gasteiger partial charge in [0.15, 0.2) is 0 Å². The van der Waals surface area contributed by atoms with Crippen molar-refractivity contribution in [1.29, 1.82) is 0 Å². The zero-order valence-corrected chi connectivity index (χ0v) is 11.6. The van der Waals surface area contributed by atoms with E-state index in [0.717, 1.165) is 5.69 Å². The van der Waals surface area contributed by atoms with Gasteiger partial charge in [0.25, 0.3) is 0 Å². The summed E-state index contributed by atoms with van der Waals surface area (Å²) >= 11 is 0. The maximum absolute atomic E-state index is 13.0. The number of benzene rings is 1. The van der Waals surface area contributed by atoms with E-state index in [4.69, 9.17) is 0 Å². The molecule has 5 heteroatoms. The molecule has 1 aromatic carbocycles. The highest BCUT2D eigenvalue weighted by Gasteiger charge is 2.11. The summed E-state index contributed by atoms with van der Waals surface area (Å²) < 4.78 is 14.9. The van der Waals surface area contributed by atoms with Gasteiger partial charge in [-0.1, -0.05) is 6.07 Å². The van der Waals surface area contributed by atoms with Crippen molar-refractivity contribution in [3.63, 3.8) is 0 Å². The van der Waals surface area contributed by atoms with Crippen molar-refractivity contribution in [3.8, 4) is 0 Å². The molecule has 1 atom stereocenters. The summed E-state index contributed by atoms with van der Waals surface area (Å²) in [5.74, 6) is -0.551. The third-order valence-electron chi connectivity index (χ3n) is 3.16. The summed E-state index contributed by atoms with van der Waals surface area (Å²) in [4.78, 5) is 12.0. The molecule has 1 amide bonds. The lowest BCUT2D eigenvalue weighted by Gasteiger charge is -2.14. The second kappa shape index (κ2) is 6.34. The van der Waals surface area contributed by atoms with E-state index in [2.05, 4.69) is 10.6 Å². The molecular weight excluding hydrogens is 257 g/mol. The lowest BCUT2D eigenvalue weighted by molar-refractivity contribution is -0.116. The average Bonchev–Trinajstić information content (AvgIpc) is 2.85. The summed E-state index contributed by atoms with van der Waals surface area (Å²) in [5, 5.41) is 5.82. The lowest BCUT2D eigenvalue weighted by atomic mass is 10.2. The van der Waals surface area contributed by atoms with E-state index in [0.29, 0.717) is 5.69 Å². The fourth-order valence-corrected chi connectivity index (χ4v) is 2.03. The first kappa shape index (κ1) is 14.3. The van der Waals surface area contributed by atoms with Crippen LogP contribution in [0, 0.1) is 5.82 Å². The maximum Gasteiger partial charge on any atom is 0.244 e. The Morgan fingerprint density at radius 1 is 1.35 bits per heavy atom. The number of carbonyl (C=O) groups excluding carboxylic acids is 1. The molecule has 0 aliphatic heterocycles. The Kier molecular flexibility index (Phi) is 4.53. The molecule has 0 saturated carbocycles. The van der Waals surface area contributed by atoms with E-state index >= 15 is 0 Å². The lowest BCUT2D eigenvalue weighted by Crippen LogP contribution is -2.22. The molecule has 1 heterocycles. The first-order chi connectivity index (χ1) is 9.60. The van der Waals surface area contributed by atoms with Gasteiger partial charge in [0.1, 0.15) is 12.4 Å². The Labute approximate surface area is 117 Å². The van der Waals surface area contributed by atoms with Crippen LogP contribution < -0.4 is 10.6 Å². The Morgan fingerprint density at radius 3 is 2.85 bits per heavy atom. The third-order valence-corrected chi connectivity index (χ3v) is 3.16. The van der Waals surface area contributed by atoms with Crippen LogP contribution in [0.1, 0.15) is 18.7 Å². The standard InChI is InChI=1S/C15H18FN3O/c1-11(17-2)14-7-4-8-19(14)10-15(20)18-13-6-3-5-12(16)9-13/h3-9,11,17H,10H2,1-2H3,(H,18,20). The smallest absolute Gasteiger partial charge is 0.244 e. The van der Waals surface area contributed by atoms with Crippen LogP contribution in [0.25, 0.3) is 0 Å². The summed E-state index contributed by atoms with van der Waals surface area (Å²) in [6, 6.07) is 9.89. The predicted octanol–water partition coefficient (Wildman–Crippen LogP) is 2.55. The minimum atomic E-state index is -0.367. The number of hydrogen-bond acceptors (Lipinski definition) is 2. The molecule has 1 unspecified atom stereocenters. The summed E-state index contributed by atoms with van der Waals surface area (Å²) in [5.41, 5.74) is 1.49. The van der Waals surface area contributed by atoms with Crippen molar-refractivity contribution in [2.45, 2.75) is 19.5 Å². The summed E-state index contributed by atoms with van der Waals surface area (Å²) in [6.07, 6.45) is 1.86. The fraction of sp³-hybridized carbons (Fsp3) is 0.267. The van der Waals surface area contributed by atoms with E-state index in [-0.39, 0.29) is 24.3 Å². The van der Waals surface area contributed by atoms with Crippen LogP contribution in [0.4, 0.5) is 10.1 Å². The van der Waals surface area contributed by atoms with E-state index in [1.807, 2.05) is 36.9 Å². The second-order valence-corrected chi connectivity index (χ2v) is 4.63. The van der Waals surface area contributed by atoms with Gasteiger partial charge in [-0.05, 0) is 44.3 Å². The zero-order valence-electron chi connectivity index (χ0n) is 11.6. The molecule has 2 aromatic rings. The molecule has 0 spiro atoms. The molecule has 106 valence electrons. The monoisotopic (exact) mass is 275 g/mol. The highest BCUT2D eigenvalue weighted by atomic mass is 19.1. The SMILES string of the molecule is CNC(C)c1cccn1CC(=O)Nc1cccc(F)c1. The largest absolute Gasteiger partial charge is 0.341 e. The maximum atomic E-state index is 13.0. The van der Waals surface area contributed by atoms with Crippen LogP contribution in [0.2, 0.25) is 0 Å². The first-order valence-corrected chi connectivity index (χ1v) is 6.48. The van der Waals surface area contributed by atoms with E-state index in [1.54, 1.807) is 12.1 Å². The number of nitrogens with one attached hydrogen (secondary N) is 2. The van der Waals surface area contributed by atoms with E-state index in [9.17, 15) is 9.18 Å². The minimum absolute atomic E-state index is 0.159. The molecule has 0 radical (unpaired) electrons.